The van der Waals surface area contributed by atoms with Gasteiger partial charge < -0.3 is 10.2 Å². The van der Waals surface area contributed by atoms with Gasteiger partial charge in [-0.05, 0) is 48.9 Å². The van der Waals surface area contributed by atoms with Crippen LogP contribution in [0.1, 0.15) is 19.3 Å². The van der Waals surface area contributed by atoms with Crippen molar-refractivity contribution < 1.29 is 0 Å². The Morgan fingerprint density at radius 1 is 1.44 bits per heavy atom. The van der Waals surface area contributed by atoms with E-state index in [1.807, 2.05) is 19.4 Å². The normalized spacial score (nSPS) is 21.1. The lowest BCUT2D eigenvalue weighted by molar-refractivity contribution is 0.440. The molecular weight excluding hydrogens is 315 g/mol. The van der Waals surface area contributed by atoms with Crippen molar-refractivity contribution in [3.05, 3.63) is 16.0 Å². The standard InChI is InChI=1S/C11H17IN4/c1-13-8-10-4-2-3-5-16(10)11-14-6-9(12)7-15-11/h6-7,10,13H,2-5,8H2,1H3. The summed E-state index contributed by atoms with van der Waals surface area (Å²) in [6, 6.07) is 0.541. The van der Waals surface area contributed by atoms with Gasteiger partial charge in [-0.2, -0.15) is 0 Å². The Balaban J connectivity index is 2.13. The van der Waals surface area contributed by atoms with Crippen LogP contribution in [0.25, 0.3) is 0 Å². The number of nitrogens with one attached hydrogen (secondary N) is 1. The summed E-state index contributed by atoms with van der Waals surface area (Å²) in [7, 11) is 2.00. The molecule has 0 radical (unpaired) electrons. The highest BCUT2D eigenvalue weighted by Crippen LogP contribution is 2.21. The fraction of sp³-hybridized carbons (Fsp3) is 0.636. The Hall–Kier alpha value is -0.430. The van der Waals surface area contributed by atoms with E-state index in [9.17, 15) is 0 Å². The molecule has 0 bridgehead atoms. The molecule has 1 aromatic rings. The molecule has 1 atom stereocenters. The zero-order valence-electron chi connectivity index (χ0n) is 9.49. The van der Waals surface area contributed by atoms with E-state index in [2.05, 4.69) is 42.8 Å². The third-order valence-electron chi connectivity index (χ3n) is 2.93. The van der Waals surface area contributed by atoms with Gasteiger partial charge in [0.25, 0.3) is 0 Å². The maximum absolute atomic E-state index is 4.41. The summed E-state index contributed by atoms with van der Waals surface area (Å²) < 4.78 is 1.09. The van der Waals surface area contributed by atoms with Gasteiger partial charge in [-0.1, -0.05) is 0 Å². The van der Waals surface area contributed by atoms with Crippen LogP contribution in [-0.2, 0) is 0 Å². The van der Waals surface area contributed by atoms with Crippen LogP contribution in [0.15, 0.2) is 12.4 Å². The molecule has 2 heterocycles. The second kappa shape index (κ2) is 5.77. The largest absolute Gasteiger partial charge is 0.337 e. The minimum absolute atomic E-state index is 0.541. The van der Waals surface area contributed by atoms with Gasteiger partial charge in [0.1, 0.15) is 0 Å². The summed E-state index contributed by atoms with van der Waals surface area (Å²) >= 11 is 2.23. The SMILES string of the molecule is CNCC1CCCCN1c1ncc(I)cn1. The van der Waals surface area contributed by atoms with Crippen LogP contribution < -0.4 is 10.2 Å². The zero-order valence-corrected chi connectivity index (χ0v) is 11.6. The van der Waals surface area contributed by atoms with Gasteiger partial charge in [0.15, 0.2) is 0 Å². The van der Waals surface area contributed by atoms with Crippen molar-refractivity contribution in [3.63, 3.8) is 0 Å². The van der Waals surface area contributed by atoms with Crippen LogP contribution in [0.5, 0.6) is 0 Å². The van der Waals surface area contributed by atoms with Crippen molar-refractivity contribution in [2.45, 2.75) is 25.3 Å². The fourth-order valence-corrected chi connectivity index (χ4v) is 2.44. The average Bonchev–Trinajstić information content (AvgIpc) is 2.32. The second-order valence-electron chi connectivity index (χ2n) is 4.10. The van der Waals surface area contributed by atoms with E-state index < -0.39 is 0 Å². The fourth-order valence-electron chi connectivity index (χ4n) is 2.17. The molecule has 1 aliphatic heterocycles. The Labute approximate surface area is 110 Å². The van der Waals surface area contributed by atoms with Gasteiger partial charge in [-0.25, -0.2) is 9.97 Å². The lowest BCUT2D eigenvalue weighted by Gasteiger charge is -2.35. The van der Waals surface area contributed by atoms with E-state index in [0.29, 0.717) is 6.04 Å². The minimum Gasteiger partial charge on any atom is -0.337 e. The molecule has 1 unspecified atom stereocenters. The maximum atomic E-state index is 4.41. The molecule has 4 nitrogen and oxygen atoms in total. The molecule has 88 valence electrons. The Morgan fingerprint density at radius 2 is 2.19 bits per heavy atom. The molecule has 1 N–H and O–H groups in total. The lowest BCUT2D eigenvalue weighted by Crippen LogP contribution is -2.45. The summed E-state index contributed by atoms with van der Waals surface area (Å²) in [5.74, 6) is 0.875. The first-order valence-corrected chi connectivity index (χ1v) is 6.78. The summed E-state index contributed by atoms with van der Waals surface area (Å²) in [5, 5.41) is 3.25. The first-order valence-electron chi connectivity index (χ1n) is 5.70. The van der Waals surface area contributed by atoms with E-state index in [-0.39, 0.29) is 0 Å². The summed E-state index contributed by atoms with van der Waals surface area (Å²) in [6.07, 6.45) is 7.56. The van der Waals surface area contributed by atoms with Crippen molar-refractivity contribution in [2.24, 2.45) is 0 Å². The first-order chi connectivity index (χ1) is 7.81. The van der Waals surface area contributed by atoms with Crippen LogP contribution in [0.3, 0.4) is 0 Å². The molecule has 1 fully saturated rings. The van der Waals surface area contributed by atoms with Gasteiger partial charge >= 0.3 is 0 Å². The van der Waals surface area contributed by atoms with E-state index in [4.69, 9.17) is 0 Å². The number of piperidine rings is 1. The molecule has 0 spiro atoms. The Morgan fingerprint density at radius 3 is 2.88 bits per heavy atom. The molecule has 5 heteroatoms. The van der Waals surface area contributed by atoms with E-state index in [1.54, 1.807) is 0 Å². The minimum atomic E-state index is 0.541. The van der Waals surface area contributed by atoms with Crippen LogP contribution in [0.4, 0.5) is 5.95 Å². The third-order valence-corrected chi connectivity index (χ3v) is 3.49. The third kappa shape index (κ3) is 2.82. The first kappa shape index (κ1) is 12.0. The highest BCUT2D eigenvalue weighted by atomic mass is 127. The van der Waals surface area contributed by atoms with Crippen LogP contribution in [-0.4, -0.2) is 36.1 Å². The number of aromatic nitrogens is 2. The number of halogens is 1. The van der Waals surface area contributed by atoms with E-state index in [1.165, 1.54) is 19.3 Å². The smallest absolute Gasteiger partial charge is 0.225 e. The van der Waals surface area contributed by atoms with Crippen molar-refractivity contribution in [2.75, 3.05) is 25.0 Å². The van der Waals surface area contributed by atoms with Gasteiger partial charge in [0.05, 0.1) is 0 Å². The Bertz CT molecular complexity index is 325. The van der Waals surface area contributed by atoms with Gasteiger partial charge in [0, 0.05) is 35.1 Å². The number of rotatable bonds is 3. The van der Waals surface area contributed by atoms with Crippen LogP contribution in [0, 0.1) is 3.57 Å². The van der Waals surface area contributed by atoms with Gasteiger partial charge in [0.2, 0.25) is 5.95 Å². The monoisotopic (exact) mass is 332 g/mol. The number of nitrogens with zero attached hydrogens (tertiary/aromatic N) is 3. The highest BCUT2D eigenvalue weighted by Gasteiger charge is 2.23. The predicted octanol–water partition coefficient (Wildman–Crippen LogP) is 1.66. The molecule has 0 aliphatic carbocycles. The van der Waals surface area contributed by atoms with Crippen molar-refractivity contribution in [3.8, 4) is 0 Å². The highest BCUT2D eigenvalue weighted by molar-refractivity contribution is 14.1. The number of likely N-dealkylation sites (N-methyl/N-ethyl adjacent to an activating group) is 1. The van der Waals surface area contributed by atoms with E-state index in [0.717, 1.165) is 22.6 Å². The molecule has 0 saturated carbocycles. The summed E-state index contributed by atoms with van der Waals surface area (Å²) in [5.41, 5.74) is 0. The zero-order chi connectivity index (χ0) is 11.4. The molecule has 1 aliphatic rings. The van der Waals surface area contributed by atoms with Gasteiger partial charge in [-0.3, -0.25) is 0 Å². The van der Waals surface area contributed by atoms with Crippen LogP contribution >= 0.6 is 22.6 Å². The van der Waals surface area contributed by atoms with Gasteiger partial charge in [-0.15, -0.1) is 0 Å². The van der Waals surface area contributed by atoms with E-state index >= 15 is 0 Å². The molecule has 0 aromatic carbocycles. The van der Waals surface area contributed by atoms with Crippen LogP contribution in [0.2, 0.25) is 0 Å². The number of anilines is 1. The predicted molar refractivity (Wildman–Crippen MR) is 73.7 cm³/mol. The number of hydrogen-bond acceptors (Lipinski definition) is 4. The lowest BCUT2D eigenvalue weighted by atomic mass is 10.0. The molecule has 2 rings (SSSR count). The molecular formula is C11H17IN4. The Kier molecular flexibility index (Phi) is 4.34. The summed E-state index contributed by atoms with van der Waals surface area (Å²) in [4.78, 5) is 11.2. The quantitative estimate of drug-likeness (QED) is 0.855. The topological polar surface area (TPSA) is 41.0 Å². The van der Waals surface area contributed by atoms with Crippen molar-refractivity contribution >= 4 is 28.5 Å². The maximum Gasteiger partial charge on any atom is 0.225 e. The molecule has 0 amide bonds. The molecule has 1 aromatic heterocycles. The molecule has 1 saturated heterocycles. The second-order valence-corrected chi connectivity index (χ2v) is 5.35. The molecule has 16 heavy (non-hydrogen) atoms. The average molecular weight is 332 g/mol. The van der Waals surface area contributed by atoms with Crippen molar-refractivity contribution in [1.82, 2.24) is 15.3 Å². The van der Waals surface area contributed by atoms with Crippen molar-refractivity contribution in [1.29, 1.82) is 0 Å². The number of hydrogen-bond donors (Lipinski definition) is 1. The summed E-state index contributed by atoms with van der Waals surface area (Å²) in [6.45, 7) is 2.09.